The van der Waals surface area contributed by atoms with Gasteiger partial charge in [0.05, 0.1) is 29.8 Å². The highest BCUT2D eigenvalue weighted by Crippen LogP contribution is 2.36. The molecule has 4 rings (SSSR count). The van der Waals surface area contributed by atoms with Crippen molar-refractivity contribution in [2.45, 2.75) is 45.8 Å². The van der Waals surface area contributed by atoms with Gasteiger partial charge in [-0.1, -0.05) is 12.1 Å². The van der Waals surface area contributed by atoms with Gasteiger partial charge >= 0.3 is 12.1 Å². The molecular weight excluding hydrogens is 447 g/mol. The number of halogens is 3. The Balaban J connectivity index is 1.82. The molecule has 2 aromatic heterocycles. The molecule has 2 heterocycles. The highest BCUT2D eigenvalue weighted by atomic mass is 19.4. The van der Waals surface area contributed by atoms with Crippen molar-refractivity contribution in [1.29, 1.82) is 0 Å². The number of rotatable bonds is 8. The first-order valence-electron chi connectivity index (χ1n) is 11.3. The van der Waals surface area contributed by atoms with E-state index in [9.17, 15) is 22.8 Å². The quantitative estimate of drug-likeness (QED) is 0.438. The minimum absolute atomic E-state index is 0.0400. The Morgan fingerprint density at radius 2 is 1.94 bits per heavy atom. The number of carbonyl (C=O) groups is 2. The van der Waals surface area contributed by atoms with Crippen LogP contribution in [0.2, 0.25) is 0 Å². The lowest BCUT2D eigenvalue weighted by molar-refractivity contribution is -0.142. The minimum atomic E-state index is -4.52. The average Bonchev–Trinajstić information content (AvgIpc) is 3.59. The first-order valence-corrected chi connectivity index (χ1v) is 11.3. The summed E-state index contributed by atoms with van der Waals surface area (Å²) in [5.41, 5.74) is 1.18. The molecule has 0 bridgehead atoms. The van der Waals surface area contributed by atoms with Crippen LogP contribution in [0.25, 0.3) is 16.9 Å². The summed E-state index contributed by atoms with van der Waals surface area (Å²) in [6, 6.07) is 8.88. The number of fused-ring (bicyclic) bond motifs is 1. The number of amides is 1. The third-order valence-corrected chi connectivity index (χ3v) is 5.90. The Morgan fingerprint density at radius 3 is 2.59 bits per heavy atom. The van der Waals surface area contributed by atoms with Crippen LogP contribution < -0.4 is 0 Å². The Hall–Kier alpha value is -3.36. The largest absolute Gasteiger partial charge is 0.466 e. The van der Waals surface area contributed by atoms with Crippen molar-refractivity contribution in [3.05, 3.63) is 59.4 Å². The highest BCUT2D eigenvalue weighted by Gasteiger charge is 2.35. The van der Waals surface area contributed by atoms with Gasteiger partial charge in [0.1, 0.15) is 5.82 Å². The van der Waals surface area contributed by atoms with Gasteiger partial charge in [-0.15, -0.1) is 0 Å². The van der Waals surface area contributed by atoms with E-state index in [0.29, 0.717) is 34.7 Å². The first-order chi connectivity index (χ1) is 16.2. The van der Waals surface area contributed by atoms with Crippen LogP contribution in [0.5, 0.6) is 0 Å². The fraction of sp³-hybridized carbons (Fsp3) is 0.400. The van der Waals surface area contributed by atoms with Crippen LogP contribution in [-0.2, 0) is 33.5 Å². The van der Waals surface area contributed by atoms with E-state index >= 15 is 0 Å². The lowest BCUT2D eigenvalue weighted by Gasteiger charge is -2.23. The number of esters is 1. The molecule has 3 aromatic rings. The van der Waals surface area contributed by atoms with E-state index in [4.69, 9.17) is 4.74 Å². The molecule has 0 saturated heterocycles. The number of alkyl halides is 3. The zero-order valence-electron chi connectivity index (χ0n) is 19.1. The summed E-state index contributed by atoms with van der Waals surface area (Å²) in [6.45, 7) is 4.20. The molecule has 1 fully saturated rings. The number of pyridine rings is 1. The third-order valence-electron chi connectivity index (χ3n) is 5.90. The molecule has 0 atom stereocenters. The van der Waals surface area contributed by atoms with Gasteiger partial charge in [-0.25, -0.2) is 4.98 Å². The van der Waals surface area contributed by atoms with E-state index < -0.39 is 17.7 Å². The number of aromatic nitrogens is 2. The predicted molar refractivity (Wildman–Crippen MR) is 120 cm³/mol. The van der Waals surface area contributed by atoms with Gasteiger partial charge in [0.25, 0.3) is 0 Å². The molecule has 0 aliphatic heterocycles. The van der Waals surface area contributed by atoms with Gasteiger partial charge in [0.15, 0.2) is 0 Å². The summed E-state index contributed by atoms with van der Waals surface area (Å²) in [6.07, 6.45) is -1.20. The van der Waals surface area contributed by atoms with Gasteiger partial charge in [-0.3, -0.25) is 14.0 Å². The fourth-order valence-corrected chi connectivity index (χ4v) is 4.03. The van der Waals surface area contributed by atoms with Gasteiger partial charge in [0.2, 0.25) is 5.91 Å². The van der Waals surface area contributed by atoms with Crippen LogP contribution in [0.1, 0.15) is 43.5 Å². The molecule has 1 aliphatic carbocycles. The van der Waals surface area contributed by atoms with Crippen LogP contribution in [-0.4, -0.2) is 39.3 Å². The fourth-order valence-electron chi connectivity index (χ4n) is 4.03. The normalized spacial score (nSPS) is 13.8. The smallest absolute Gasteiger partial charge is 0.416 e. The number of nitrogens with zero attached hydrogens (tertiary/aromatic N) is 3. The summed E-state index contributed by atoms with van der Waals surface area (Å²) < 4.78 is 47.4. The van der Waals surface area contributed by atoms with E-state index in [1.54, 1.807) is 40.6 Å². The number of hydrogen-bond acceptors (Lipinski definition) is 4. The maximum absolute atomic E-state index is 13.5. The first kappa shape index (κ1) is 23.8. The monoisotopic (exact) mass is 473 g/mol. The van der Waals surface area contributed by atoms with Gasteiger partial charge < -0.3 is 9.64 Å². The van der Waals surface area contributed by atoms with E-state index in [-0.39, 0.29) is 31.4 Å². The molecular formula is C25H26F3N3O3. The van der Waals surface area contributed by atoms with E-state index in [2.05, 4.69) is 4.98 Å². The van der Waals surface area contributed by atoms with E-state index in [1.165, 1.54) is 6.07 Å². The number of carbonyl (C=O) groups excluding carboxylic acids is 2. The zero-order chi connectivity index (χ0) is 24.5. The summed E-state index contributed by atoms with van der Waals surface area (Å²) >= 11 is 0. The van der Waals surface area contributed by atoms with Crippen LogP contribution >= 0.6 is 0 Å². The topological polar surface area (TPSA) is 63.9 Å². The molecule has 0 radical (unpaired) electrons. The second-order valence-corrected chi connectivity index (χ2v) is 8.32. The SMILES string of the molecule is CCOC(=O)Cc1nc(-c2ccc(C(F)(F)F)cc2CN(CC)C(=O)C2CC2)n2ccccc12. The number of benzene rings is 1. The van der Waals surface area contributed by atoms with Crippen LogP contribution in [0.15, 0.2) is 42.6 Å². The van der Waals surface area contributed by atoms with Gasteiger partial charge in [0, 0.05) is 30.8 Å². The molecule has 1 saturated carbocycles. The molecule has 1 amide bonds. The maximum atomic E-state index is 13.5. The van der Waals surface area contributed by atoms with E-state index in [1.807, 2.05) is 6.92 Å². The average molecular weight is 473 g/mol. The summed E-state index contributed by atoms with van der Waals surface area (Å²) in [5.74, 6) is -0.106. The third kappa shape index (κ3) is 4.93. The summed E-state index contributed by atoms with van der Waals surface area (Å²) in [5, 5.41) is 0. The summed E-state index contributed by atoms with van der Waals surface area (Å²) in [4.78, 5) is 31.0. The Bertz CT molecular complexity index is 1220. The highest BCUT2D eigenvalue weighted by molar-refractivity contribution is 5.81. The Labute approximate surface area is 195 Å². The van der Waals surface area contributed by atoms with Crippen molar-refractivity contribution >= 4 is 17.4 Å². The van der Waals surface area contributed by atoms with Crippen LogP contribution in [0.3, 0.4) is 0 Å². The van der Waals surface area contributed by atoms with Crippen molar-refractivity contribution in [2.75, 3.05) is 13.2 Å². The molecule has 1 aliphatic rings. The molecule has 0 spiro atoms. The van der Waals surface area contributed by atoms with Gasteiger partial charge in [-0.05, 0) is 56.5 Å². The maximum Gasteiger partial charge on any atom is 0.416 e. The second-order valence-electron chi connectivity index (χ2n) is 8.32. The van der Waals surface area contributed by atoms with Gasteiger partial charge in [-0.2, -0.15) is 13.2 Å². The molecule has 0 unspecified atom stereocenters. The second kappa shape index (κ2) is 9.48. The Kier molecular flexibility index (Phi) is 6.63. The van der Waals surface area contributed by atoms with Crippen molar-refractivity contribution in [2.24, 2.45) is 5.92 Å². The zero-order valence-corrected chi connectivity index (χ0v) is 19.1. The standard InChI is InChI=1S/C25H26F3N3O3/c1-3-30(24(33)16-8-9-16)15-17-13-18(25(26,27)28)10-11-19(17)23-29-20(14-22(32)34-4-2)21-7-5-6-12-31(21)23/h5-7,10-13,16H,3-4,8-9,14-15H2,1-2H3. The molecule has 0 N–H and O–H groups in total. The lowest BCUT2D eigenvalue weighted by atomic mass is 10.0. The minimum Gasteiger partial charge on any atom is -0.466 e. The number of hydrogen-bond donors (Lipinski definition) is 0. The molecule has 6 nitrogen and oxygen atoms in total. The van der Waals surface area contributed by atoms with Crippen molar-refractivity contribution in [3.8, 4) is 11.4 Å². The van der Waals surface area contributed by atoms with Crippen molar-refractivity contribution in [1.82, 2.24) is 14.3 Å². The molecule has 34 heavy (non-hydrogen) atoms. The van der Waals surface area contributed by atoms with Crippen LogP contribution in [0.4, 0.5) is 13.2 Å². The predicted octanol–water partition coefficient (Wildman–Crippen LogP) is 4.88. The Morgan fingerprint density at radius 1 is 1.18 bits per heavy atom. The van der Waals surface area contributed by atoms with Crippen molar-refractivity contribution in [3.63, 3.8) is 0 Å². The molecule has 9 heteroatoms. The van der Waals surface area contributed by atoms with Crippen LogP contribution in [0, 0.1) is 5.92 Å². The lowest BCUT2D eigenvalue weighted by Crippen LogP contribution is -2.31. The number of imidazole rings is 1. The van der Waals surface area contributed by atoms with Crippen molar-refractivity contribution < 1.29 is 27.5 Å². The number of ether oxygens (including phenoxy) is 1. The molecule has 180 valence electrons. The molecule has 1 aromatic carbocycles. The van der Waals surface area contributed by atoms with E-state index in [0.717, 1.165) is 25.0 Å². The summed E-state index contributed by atoms with van der Waals surface area (Å²) in [7, 11) is 0.